The lowest BCUT2D eigenvalue weighted by Crippen LogP contribution is -2.09. The van der Waals surface area contributed by atoms with Gasteiger partial charge in [-0.15, -0.1) is 0 Å². The van der Waals surface area contributed by atoms with Gasteiger partial charge in [-0.3, -0.25) is 0 Å². The highest BCUT2D eigenvalue weighted by Crippen LogP contribution is 2.15. The molecule has 25 heavy (non-hydrogen) atoms. The number of nitrogens with zero attached hydrogens (tertiary/aromatic N) is 1. The van der Waals surface area contributed by atoms with Gasteiger partial charge in [-0.1, -0.05) is 0 Å². The normalized spacial score (nSPS) is 21.3. The number of hydrogen-bond acceptors (Lipinski definition) is 1. The number of hydrogen-bond donors (Lipinski definition) is 3. The van der Waals surface area contributed by atoms with Crippen LogP contribution in [-0.2, 0) is 0 Å². The van der Waals surface area contributed by atoms with Gasteiger partial charge in [0.05, 0.1) is 11.4 Å². The van der Waals surface area contributed by atoms with E-state index in [1.807, 2.05) is 30.4 Å². The zero-order valence-electron chi connectivity index (χ0n) is 13.5. The van der Waals surface area contributed by atoms with Crippen molar-refractivity contribution in [2.24, 2.45) is 4.99 Å². The van der Waals surface area contributed by atoms with Gasteiger partial charge in [-0.2, -0.15) is 0 Å². The van der Waals surface area contributed by atoms with Crippen LogP contribution in [0.2, 0.25) is 0 Å². The molecule has 4 nitrogen and oxygen atoms in total. The second kappa shape index (κ2) is 5.53. The Morgan fingerprint density at radius 3 is 1.88 bits per heavy atom. The number of allylic oxidation sites excluding steroid dienone is 3. The van der Waals surface area contributed by atoms with E-state index in [0.717, 1.165) is 44.9 Å². The molecule has 8 bridgehead atoms. The fraction of sp³-hybridized carbons (Fsp3) is 0. The van der Waals surface area contributed by atoms with Crippen molar-refractivity contribution in [3.8, 4) is 0 Å². The Balaban J connectivity index is 1.69. The lowest BCUT2D eigenvalue weighted by molar-refractivity contribution is 1.25. The van der Waals surface area contributed by atoms with E-state index in [0.29, 0.717) is 0 Å². The van der Waals surface area contributed by atoms with Crippen molar-refractivity contribution in [3.63, 3.8) is 0 Å². The minimum atomic E-state index is 0.944. The molecule has 120 valence electrons. The third-order valence-corrected chi connectivity index (χ3v) is 4.24. The van der Waals surface area contributed by atoms with E-state index in [1.165, 1.54) is 0 Å². The van der Waals surface area contributed by atoms with Crippen molar-refractivity contribution in [3.05, 3.63) is 93.8 Å². The second-order valence-corrected chi connectivity index (χ2v) is 6.17. The molecule has 0 unspecified atom stereocenters. The Labute approximate surface area is 144 Å². The molecule has 3 N–H and O–H groups in total. The van der Waals surface area contributed by atoms with Crippen molar-refractivity contribution in [2.45, 2.75) is 0 Å². The van der Waals surface area contributed by atoms with Crippen molar-refractivity contribution in [2.75, 3.05) is 0 Å². The number of aliphatic imine (C=N–C) groups is 1. The van der Waals surface area contributed by atoms with Crippen LogP contribution < -0.4 is 10.7 Å². The topological polar surface area (TPSA) is 59.7 Å². The van der Waals surface area contributed by atoms with Gasteiger partial charge in [-0.25, -0.2) is 4.99 Å². The monoisotopic (exact) mass is 324 g/mol. The maximum atomic E-state index is 4.63. The van der Waals surface area contributed by atoms with E-state index in [1.54, 1.807) is 0 Å². The summed E-state index contributed by atoms with van der Waals surface area (Å²) in [6.45, 7) is 0. The average Bonchev–Trinajstić information content (AvgIpc) is 3.36. The van der Waals surface area contributed by atoms with E-state index in [4.69, 9.17) is 0 Å². The Bertz CT molecular complexity index is 1190. The molecule has 3 aromatic heterocycles. The van der Waals surface area contributed by atoms with E-state index in [9.17, 15) is 0 Å². The maximum Gasteiger partial charge on any atom is 0.0658 e. The molecule has 3 aromatic rings. The van der Waals surface area contributed by atoms with Crippen LogP contribution in [0.4, 0.5) is 0 Å². The summed E-state index contributed by atoms with van der Waals surface area (Å²) >= 11 is 0. The van der Waals surface area contributed by atoms with Crippen LogP contribution in [0.3, 0.4) is 0 Å². The predicted molar refractivity (Wildman–Crippen MR) is 102 cm³/mol. The molecule has 2 aliphatic heterocycles. The molecular formula is C21H16N4. The first-order valence-electron chi connectivity index (χ1n) is 8.23. The summed E-state index contributed by atoms with van der Waals surface area (Å²) in [6, 6.07) is 12.4. The number of aromatic nitrogens is 3. The third kappa shape index (κ3) is 2.85. The van der Waals surface area contributed by atoms with Gasteiger partial charge in [-0.05, 0) is 78.9 Å². The zero-order chi connectivity index (χ0) is 16.6. The molecule has 0 amide bonds. The third-order valence-electron chi connectivity index (χ3n) is 4.24. The standard InChI is InChI=1S/C21H16N4/c1-2-15-4-6-17(23-15)12-19-8-10-21(25-19)13-20-9-7-18(24-20)11-16-5-3-14(1)22-16/h1-13,22,24-25H/b2-1-,14-1?,15-2?,16-11?,17-12-,18-11-,19-12?,20-13-,21-13?. The highest BCUT2D eigenvalue weighted by atomic mass is 14.8. The number of nitrogens with one attached hydrogen (secondary N) is 3. The van der Waals surface area contributed by atoms with Gasteiger partial charge in [0.15, 0.2) is 0 Å². The first-order valence-corrected chi connectivity index (χ1v) is 8.23. The summed E-state index contributed by atoms with van der Waals surface area (Å²) in [5, 5.41) is 2.12. The van der Waals surface area contributed by atoms with E-state index in [2.05, 4.69) is 68.5 Å². The SMILES string of the molecule is C1=C/C2=C/c3ccc([nH]3)/C=c3/cc/c([nH]3)=C/c3ccc([nH]3)/C=C\C1=N2. The van der Waals surface area contributed by atoms with Crippen LogP contribution in [0.25, 0.3) is 24.3 Å². The van der Waals surface area contributed by atoms with Crippen LogP contribution in [0, 0.1) is 0 Å². The highest BCUT2D eigenvalue weighted by Gasteiger charge is 2.03. The Morgan fingerprint density at radius 2 is 1.12 bits per heavy atom. The molecule has 5 heterocycles. The van der Waals surface area contributed by atoms with Crippen molar-refractivity contribution >= 4 is 30.0 Å². The second-order valence-electron chi connectivity index (χ2n) is 6.17. The van der Waals surface area contributed by atoms with Gasteiger partial charge in [0.25, 0.3) is 0 Å². The van der Waals surface area contributed by atoms with Crippen LogP contribution in [0.15, 0.2) is 65.3 Å². The molecule has 0 saturated heterocycles. The van der Waals surface area contributed by atoms with Crippen LogP contribution in [-0.4, -0.2) is 20.7 Å². The summed E-state index contributed by atoms with van der Waals surface area (Å²) in [7, 11) is 0. The number of H-pyrrole nitrogens is 3. The average molecular weight is 324 g/mol. The van der Waals surface area contributed by atoms with Crippen molar-refractivity contribution in [1.29, 1.82) is 0 Å². The molecule has 0 atom stereocenters. The maximum absolute atomic E-state index is 4.63. The van der Waals surface area contributed by atoms with E-state index >= 15 is 0 Å². The zero-order valence-corrected chi connectivity index (χ0v) is 13.5. The first kappa shape index (κ1) is 13.9. The van der Waals surface area contributed by atoms with E-state index < -0.39 is 0 Å². The smallest absolute Gasteiger partial charge is 0.0658 e. The molecule has 0 fully saturated rings. The fourth-order valence-corrected chi connectivity index (χ4v) is 3.04. The Hall–Kier alpha value is -3.53. The van der Waals surface area contributed by atoms with Gasteiger partial charge < -0.3 is 15.0 Å². The minimum absolute atomic E-state index is 0.944. The van der Waals surface area contributed by atoms with Crippen molar-refractivity contribution < 1.29 is 0 Å². The number of rotatable bonds is 0. The largest absolute Gasteiger partial charge is 0.355 e. The molecule has 0 aliphatic carbocycles. The summed E-state index contributed by atoms with van der Waals surface area (Å²) in [5.41, 5.74) is 6.09. The van der Waals surface area contributed by atoms with Crippen LogP contribution in [0.1, 0.15) is 22.8 Å². The molecular weight excluding hydrogens is 308 g/mol. The predicted octanol–water partition coefficient (Wildman–Crippen LogP) is 2.71. The van der Waals surface area contributed by atoms with Crippen LogP contribution >= 0.6 is 0 Å². The molecule has 2 aliphatic rings. The molecule has 0 saturated carbocycles. The van der Waals surface area contributed by atoms with Crippen LogP contribution in [0.5, 0.6) is 0 Å². The minimum Gasteiger partial charge on any atom is -0.355 e. The van der Waals surface area contributed by atoms with Gasteiger partial charge in [0.2, 0.25) is 0 Å². The fourth-order valence-electron chi connectivity index (χ4n) is 3.04. The first-order chi connectivity index (χ1) is 12.3. The molecule has 0 spiro atoms. The number of aromatic amines is 3. The lowest BCUT2D eigenvalue weighted by atomic mass is 10.3. The summed E-state index contributed by atoms with van der Waals surface area (Å²) in [4.78, 5) is 14.8. The van der Waals surface area contributed by atoms with Gasteiger partial charge >= 0.3 is 0 Å². The quantitative estimate of drug-likeness (QED) is 0.569. The lowest BCUT2D eigenvalue weighted by Gasteiger charge is -1.91. The highest BCUT2D eigenvalue weighted by molar-refractivity contribution is 6.09. The Kier molecular flexibility index (Phi) is 3.07. The van der Waals surface area contributed by atoms with Crippen molar-refractivity contribution in [1.82, 2.24) is 15.0 Å². The molecule has 5 rings (SSSR count). The Morgan fingerprint density at radius 1 is 0.520 bits per heavy atom. The van der Waals surface area contributed by atoms with Gasteiger partial charge in [0, 0.05) is 33.5 Å². The van der Waals surface area contributed by atoms with Gasteiger partial charge in [0.1, 0.15) is 0 Å². The number of fused-ring (bicyclic) bond motifs is 7. The summed E-state index contributed by atoms with van der Waals surface area (Å²) < 4.78 is 0. The molecule has 4 heteroatoms. The summed E-state index contributed by atoms with van der Waals surface area (Å²) in [5.74, 6) is 0. The van der Waals surface area contributed by atoms with E-state index in [-0.39, 0.29) is 0 Å². The summed E-state index contributed by atoms with van der Waals surface area (Å²) in [6.07, 6.45) is 14.4. The molecule has 0 radical (unpaired) electrons. The molecule has 0 aromatic carbocycles.